The van der Waals surface area contributed by atoms with Gasteiger partial charge >= 0.3 is 5.97 Å². The van der Waals surface area contributed by atoms with Crippen LogP contribution >= 0.6 is 11.8 Å². The number of amides is 1. The molecule has 19 heavy (non-hydrogen) atoms. The summed E-state index contributed by atoms with van der Waals surface area (Å²) in [6, 6.07) is 9.44. The van der Waals surface area contributed by atoms with Crippen molar-refractivity contribution in [1.29, 1.82) is 0 Å². The van der Waals surface area contributed by atoms with Crippen LogP contribution in [0.1, 0.15) is 17.4 Å². The van der Waals surface area contributed by atoms with Crippen LogP contribution in [0.3, 0.4) is 0 Å². The van der Waals surface area contributed by atoms with Gasteiger partial charge in [-0.25, -0.2) is 0 Å². The Hall–Kier alpha value is -1.53. The molecule has 102 valence electrons. The number of rotatable bonds is 5. The van der Waals surface area contributed by atoms with Gasteiger partial charge in [0.15, 0.2) is 0 Å². The van der Waals surface area contributed by atoms with Gasteiger partial charge in [-0.1, -0.05) is 30.3 Å². The molecule has 1 saturated heterocycles. The topological polar surface area (TPSA) is 77.8 Å². The molecule has 2 atom stereocenters. The highest BCUT2D eigenvalue weighted by Crippen LogP contribution is 2.43. The molecule has 1 aromatic rings. The zero-order chi connectivity index (χ0) is 13.8. The summed E-state index contributed by atoms with van der Waals surface area (Å²) in [5.74, 6) is -1.20. The molecule has 1 aliphatic heterocycles. The van der Waals surface area contributed by atoms with Crippen LogP contribution in [0.5, 0.6) is 0 Å². The second-order valence-electron chi connectivity index (χ2n) is 4.24. The van der Waals surface area contributed by atoms with Crippen molar-refractivity contribution in [2.45, 2.75) is 17.0 Å². The maximum atomic E-state index is 12.1. The molecule has 2 N–H and O–H groups in total. The Morgan fingerprint density at radius 3 is 2.58 bits per heavy atom. The maximum absolute atomic E-state index is 12.1. The molecule has 0 bridgehead atoms. The Balaban J connectivity index is 2.21. The zero-order valence-corrected chi connectivity index (χ0v) is 11.0. The lowest BCUT2D eigenvalue weighted by molar-refractivity contribution is -0.140. The molecular formula is C13H15NO4S. The fourth-order valence-corrected chi connectivity index (χ4v) is 3.57. The molecule has 0 spiro atoms. The number of carbonyl (C=O) groups excluding carboxylic acids is 1. The molecule has 2 unspecified atom stereocenters. The quantitative estimate of drug-likeness (QED) is 0.845. The van der Waals surface area contributed by atoms with E-state index in [1.165, 1.54) is 11.8 Å². The van der Waals surface area contributed by atoms with Gasteiger partial charge in [-0.2, -0.15) is 0 Å². The van der Waals surface area contributed by atoms with Crippen LogP contribution in [0.4, 0.5) is 0 Å². The Kier molecular flexibility index (Phi) is 4.44. The second kappa shape index (κ2) is 6.08. The highest BCUT2D eigenvalue weighted by molar-refractivity contribution is 8.01. The highest BCUT2D eigenvalue weighted by atomic mass is 32.2. The number of carbonyl (C=O) groups is 2. The number of hydrogen-bond acceptors (Lipinski definition) is 4. The Labute approximate surface area is 115 Å². The second-order valence-corrected chi connectivity index (χ2v) is 5.53. The summed E-state index contributed by atoms with van der Waals surface area (Å²) in [6.45, 7) is 0.0942. The van der Waals surface area contributed by atoms with E-state index < -0.39 is 11.2 Å². The van der Waals surface area contributed by atoms with E-state index in [1.807, 2.05) is 30.3 Å². The maximum Gasteiger partial charge on any atom is 0.305 e. The fraction of sp³-hybridized carbons (Fsp3) is 0.385. The highest BCUT2D eigenvalue weighted by Gasteiger charge is 2.41. The lowest BCUT2D eigenvalue weighted by Gasteiger charge is -2.23. The summed E-state index contributed by atoms with van der Waals surface area (Å²) < 4.78 is 0. The van der Waals surface area contributed by atoms with Gasteiger partial charge in [0.05, 0.1) is 18.3 Å². The van der Waals surface area contributed by atoms with E-state index in [4.69, 9.17) is 10.2 Å². The summed E-state index contributed by atoms with van der Waals surface area (Å²) in [7, 11) is 0. The summed E-state index contributed by atoms with van der Waals surface area (Å²) >= 11 is 1.33. The molecule has 1 fully saturated rings. The van der Waals surface area contributed by atoms with Crippen molar-refractivity contribution >= 4 is 23.6 Å². The molecule has 2 rings (SSSR count). The number of aliphatic carboxylic acids is 1. The van der Waals surface area contributed by atoms with Gasteiger partial charge in [0.25, 0.3) is 0 Å². The van der Waals surface area contributed by atoms with Crippen LogP contribution < -0.4 is 0 Å². The number of carboxylic acids is 1. The zero-order valence-electron chi connectivity index (χ0n) is 10.2. The van der Waals surface area contributed by atoms with Crippen LogP contribution in [0.2, 0.25) is 0 Å². The predicted molar refractivity (Wildman–Crippen MR) is 71.6 cm³/mol. The van der Waals surface area contributed by atoms with Crippen LogP contribution in [0.25, 0.3) is 0 Å². The van der Waals surface area contributed by atoms with Crippen molar-refractivity contribution in [3.05, 3.63) is 35.9 Å². The molecule has 1 amide bonds. The monoisotopic (exact) mass is 281 g/mol. The first-order valence-corrected chi connectivity index (χ1v) is 6.91. The predicted octanol–water partition coefficient (Wildman–Crippen LogP) is 1.10. The Bertz CT molecular complexity index is 465. The van der Waals surface area contributed by atoms with Crippen molar-refractivity contribution in [2.24, 2.45) is 0 Å². The van der Waals surface area contributed by atoms with Crippen molar-refractivity contribution in [3.8, 4) is 0 Å². The number of hydrogen-bond donors (Lipinski definition) is 2. The number of nitrogens with zero attached hydrogens (tertiary/aromatic N) is 1. The van der Waals surface area contributed by atoms with E-state index in [0.717, 1.165) is 5.56 Å². The minimum absolute atomic E-state index is 0.130. The normalized spacial score (nSPS) is 22.8. The molecule has 0 aliphatic carbocycles. The molecule has 5 nitrogen and oxygen atoms in total. The number of aliphatic hydroxyl groups excluding tert-OH is 1. The summed E-state index contributed by atoms with van der Waals surface area (Å²) in [5, 5.41) is 17.1. The van der Waals surface area contributed by atoms with E-state index in [1.54, 1.807) is 4.90 Å². The minimum atomic E-state index is -0.983. The molecule has 1 heterocycles. The SMILES string of the molecule is O=C(O)CC1SC(c2ccccc2)N(CCO)C1=O. The molecule has 1 aliphatic rings. The molecule has 0 saturated carbocycles. The molecular weight excluding hydrogens is 266 g/mol. The van der Waals surface area contributed by atoms with Crippen molar-refractivity contribution in [3.63, 3.8) is 0 Å². The van der Waals surface area contributed by atoms with Crippen molar-refractivity contribution in [2.75, 3.05) is 13.2 Å². The van der Waals surface area contributed by atoms with Crippen molar-refractivity contribution in [1.82, 2.24) is 4.90 Å². The van der Waals surface area contributed by atoms with Gasteiger partial charge in [0.2, 0.25) is 5.91 Å². The van der Waals surface area contributed by atoms with Crippen LogP contribution in [-0.4, -0.2) is 45.4 Å². The van der Waals surface area contributed by atoms with E-state index in [9.17, 15) is 9.59 Å². The van der Waals surface area contributed by atoms with Gasteiger partial charge in [-0.3, -0.25) is 9.59 Å². The molecule has 0 radical (unpaired) electrons. The smallest absolute Gasteiger partial charge is 0.305 e. The Morgan fingerprint density at radius 1 is 1.32 bits per heavy atom. The van der Waals surface area contributed by atoms with Gasteiger partial charge in [0, 0.05) is 6.54 Å². The molecule has 0 aromatic heterocycles. The van der Waals surface area contributed by atoms with Gasteiger partial charge in [-0.05, 0) is 5.56 Å². The lowest BCUT2D eigenvalue weighted by atomic mass is 10.2. The number of carboxylic acid groups (broad SMARTS) is 1. The van der Waals surface area contributed by atoms with Gasteiger partial charge in [-0.15, -0.1) is 11.8 Å². The first-order chi connectivity index (χ1) is 9.13. The third-order valence-corrected chi connectivity index (χ3v) is 4.40. The lowest BCUT2D eigenvalue weighted by Crippen LogP contribution is -2.34. The average Bonchev–Trinajstić information content (AvgIpc) is 2.69. The number of aliphatic hydroxyl groups is 1. The average molecular weight is 281 g/mol. The minimum Gasteiger partial charge on any atom is -0.481 e. The van der Waals surface area contributed by atoms with Crippen LogP contribution in [0.15, 0.2) is 30.3 Å². The first kappa shape index (κ1) is 13.9. The number of β-amino-alcohol motifs (C(OH)–C–C–N with tert-alkyl or cyclic N) is 1. The summed E-state index contributed by atoms with van der Waals surface area (Å²) in [5.41, 5.74) is 0.946. The van der Waals surface area contributed by atoms with Crippen LogP contribution in [-0.2, 0) is 9.59 Å². The largest absolute Gasteiger partial charge is 0.481 e. The Morgan fingerprint density at radius 2 is 2.00 bits per heavy atom. The van der Waals surface area contributed by atoms with E-state index in [2.05, 4.69) is 0 Å². The summed E-state index contributed by atoms with van der Waals surface area (Å²) in [6.07, 6.45) is -0.186. The van der Waals surface area contributed by atoms with Crippen LogP contribution in [0, 0.1) is 0 Å². The standard InChI is InChI=1S/C13H15NO4S/c15-7-6-14-12(18)10(8-11(16)17)19-13(14)9-4-2-1-3-5-9/h1-5,10,13,15H,6-8H2,(H,16,17). The van der Waals surface area contributed by atoms with Gasteiger partial charge in [0.1, 0.15) is 5.37 Å². The molecule has 1 aromatic carbocycles. The van der Waals surface area contributed by atoms with E-state index in [0.29, 0.717) is 0 Å². The van der Waals surface area contributed by atoms with Gasteiger partial charge < -0.3 is 15.1 Å². The van der Waals surface area contributed by atoms with E-state index >= 15 is 0 Å². The summed E-state index contributed by atoms with van der Waals surface area (Å²) in [4.78, 5) is 24.5. The molecule has 6 heteroatoms. The third kappa shape index (κ3) is 3.08. The third-order valence-electron chi connectivity index (χ3n) is 2.92. The fourth-order valence-electron chi connectivity index (χ4n) is 2.09. The number of thioether (sulfide) groups is 1. The van der Waals surface area contributed by atoms with Crippen molar-refractivity contribution < 1.29 is 19.8 Å². The number of benzene rings is 1. The first-order valence-electron chi connectivity index (χ1n) is 5.97. The van der Waals surface area contributed by atoms with E-state index in [-0.39, 0.29) is 30.9 Å².